The first-order valence-corrected chi connectivity index (χ1v) is 7.18. The van der Waals surface area contributed by atoms with Crippen molar-refractivity contribution < 1.29 is 0 Å². The second-order valence-corrected chi connectivity index (χ2v) is 6.15. The van der Waals surface area contributed by atoms with Gasteiger partial charge in [0.2, 0.25) is 0 Å². The van der Waals surface area contributed by atoms with E-state index in [0.717, 1.165) is 31.9 Å². The summed E-state index contributed by atoms with van der Waals surface area (Å²) in [6.45, 7) is 7.91. The summed E-state index contributed by atoms with van der Waals surface area (Å²) in [6, 6.07) is 0.0289. The van der Waals surface area contributed by atoms with Crippen LogP contribution in [0.25, 0.3) is 0 Å². The Morgan fingerprint density at radius 2 is 2.00 bits per heavy atom. The van der Waals surface area contributed by atoms with Crippen LogP contribution in [-0.4, -0.2) is 36.0 Å². The Balaban J connectivity index is 1.90. The van der Waals surface area contributed by atoms with Gasteiger partial charge in [0, 0.05) is 26.2 Å². The minimum Gasteiger partial charge on any atom is -0.368 e. The Hall–Kier alpha value is -1.07. The van der Waals surface area contributed by atoms with E-state index in [-0.39, 0.29) is 11.6 Å². The van der Waals surface area contributed by atoms with Crippen LogP contribution in [0.1, 0.15) is 19.9 Å². The summed E-state index contributed by atoms with van der Waals surface area (Å²) >= 11 is 6.25. The molecule has 2 atom stereocenters. The summed E-state index contributed by atoms with van der Waals surface area (Å²) in [5.74, 6) is 1.34. The van der Waals surface area contributed by atoms with E-state index in [9.17, 15) is 4.79 Å². The maximum Gasteiger partial charge on any atom is 0.287 e. The van der Waals surface area contributed by atoms with Gasteiger partial charge in [-0.25, -0.2) is 4.68 Å². The van der Waals surface area contributed by atoms with E-state index in [1.54, 1.807) is 6.20 Å². The predicted molar refractivity (Wildman–Crippen MR) is 76.0 cm³/mol. The first kappa shape index (κ1) is 12.9. The van der Waals surface area contributed by atoms with Crippen LogP contribution >= 0.6 is 11.6 Å². The molecule has 104 valence electrons. The molecule has 1 aromatic heterocycles. The number of hydrogen-bond donors (Lipinski definition) is 1. The molecule has 0 bridgehead atoms. The van der Waals surface area contributed by atoms with Gasteiger partial charge in [-0.2, -0.15) is 5.10 Å². The van der Waals surface area contributed by atoms with Crippen molar-refractivity contribution in [2.45, 2.75) is 19.9 Å². The molecule has 2 aliphatic rings. The summed E-state index contributed by atoms with van der Waals surface area (Å²) in [4.78, 5) is 14.4. The Labute approximate surface area is 117 Å². The minimum atomic E-state index is -0.190. The molecule has 5 nitrogen and oxygen atoms in total. The van der Waals surface area contributed by atoms with Crippen LogP contribution in [0.2, 0.25) is 5.02 Å². The molecule has 2 saturated heterocycles. The number of halogens is 1. The van der Waals surface area contributed by atoms with Gasteiger partial charge in [0.25, 0.3) is 5.56 Å². The van der Waals surface area contributed by atoms with E-state index in [1.165, 1.54) is 4.68 Å². The number of hydrogen-bond acceptors (Lipinski definition) is 4. The van der Waals surface area contributed by atoms with Crippen molar-refractivity contribution in [2.24, 2.45) is 11.8 Å². The lowest BCUT2D eigenvalue weighted by Crippen LogP contribution is -2.30. The Morgan fingerprint density at radius 3 is 2.58 bits per heavy atom. The average molecular weight is 283 g/mol. The monoisotopic (exact) mass is 282 g/mol. The summed E-state index contributed by atoms with van der Waals surface area (Å²) in [7, 11) is 0. The maximum absolute atomic E-state index is 12.2. The van der Waals surface area contributed by atoms with E-state index >= 15 is 0 Å². The van der Waals surface area contributed by atoms with E-state index in [0.29, 0.717) is 16.9 Å². The van der Waals surface area contributed by atoms with Gasteiger partial charge < -0.3 is 10.2 Å². The molecule has 2 fully saturated rings. The molecule has 19 heavy (non-hydrogen) atoms. The van der Waals surface area contributed by atoms with Crippen molar-refractivity contribution in [1.82, 2.24) is 15.1 Å². The zero-order chi connectivity index (χ0) is 13.6. The Morgan fingerprint density at radius 1 is 1.37 bits per heavy atom. The van der Waals surface area contributed by atoms with Gasteiger partial charge in [0.1, 0.15) is 5.02 Å². The molecule has 3 heterocycles. The highest BCUT2D eigenvalue weighted by molar-refractivity contribution is 6.33. The quantitative estimate of drug-likeness (QED) is 0.884. The first-order chi connectivity index (χ1) is 9.08. The number of nitrogens with zero attached hydrogens (tertiary/aromatic N) is 3. The van der Waals surface area contributed by atoms with Crippen LogP contribution in [0.4, 0.5) is 5.69 Å². The SMILES string of the molecule is CC(C)n1ncc(N2C[C@H]3CNC[C@H]3C2)c(Cl)c1=O. The highest BCUT2D eigenvalue weighted by Crippen LogP contribution is 2.32. The summed E-state index contributed by atoms with van der Waals surface area (Å²) in [6.07, 6.45) is 1.73. The van der Waals surface area contributed by atoms with Crippen LogP contribution in [-0.2, 0) is 0 Å². The van der Waals surface area contributed by atoms with E-state index in [1.807, 2.05) is 13.8 Å². The summed E-state index contributed by atoms with van der Waals surface area (Å²) < 4.78 is 1.43. The number of aromatic nitrogens is 2. The third-order valence-electron chi connectivity index (χ3n) is 4.14. The fourth-order valence-electron chi connectivity index (χ4n) is 3.08. The topological polar surface area (TPSA) is 50.2 Å². The van der Waals surface area contributed by atoms with Crippen molar-refractivity contribution >= 4 is 17.3 Å². The van der Waals surface area contributed by atoms with Crippen LogP contribution < -0.4 is 15.8 Å². The van der Waals surface area contributed by atoms with Crippen molar-refractivity contribution in [1.29, 1.82) is 0 Å². The zero-order valence-corrected chi connectivity index (χ0v) is 12.0. The van der Waals surface area contributed by atoms with Gasteiger partial charge in [0.05, 0.1) is 17.9 Å². The zero-order valence-electron chi connectivity index (χ0n) is 11.3. The summed E-state index contributed by atoms with van der Waals surface area (Å²) in [5.41, 5.74) is 0.599. The molecule has 6 heteroatoms. The fourth-order valence-corrected chi connectivity index (χ4v) is 3.33. The van der Waals surface area contributed by atoms with Crippen LogP contribution in [0.3, 0.4) is 0 Å². The van der Waals surface area contributed by atoms with E-state index in [2.05, 4.69) is 15.3 Å². The van der Waals surface area contributed by atoms with Gasteiger partial charge in [-0.3, -0.25) is 4.79 Å². The lowest BCUT2D eigenvalue weighted by atomic mass is 10.0. The smallest absolute Gasteiger partial charge is 0.287 e. The first-order valence-electron chi connectivity index (χ1n) is 6.81. The molecule has 0 aromatic carbocycles. The van der Waals surface area contributed by atoms with Gasteiger partial charge in [-0.05, 0) is 25.7 Å². The van der Waals surface area contributed by atoms with E-state index in [4.69, 9.17) is 11.6 Å². The van der Waals surface area contributed by atoms with Gasteiger partial charge in [-0.15, -0.1) is 0 Å². The van der Waals surface area contributed by atoms with Crippen molar-refractivity contribution in [3.05, 3.63) is 21.6 Å². The molecular weight excluding hydrogens is 264 g/mol. The lowest BCUT2D eigenvalue weighted by molar-refractivity contribution is 0.502. The molecular formula is C13H19ClN4O. The third kappa shape index (κ3) is 2.15. The molecule has 1 aromatic rings. The molecule has 0 spiro atoms. The van der Waals surface area contributed by atoms with E-state index < -0.39 is 0 Å². The number of nitrogens with one attached hydrogen (secondary N) is 1. The average Bonchev–Trinajstić information content (AvgIpc) is 2.92. The van der Waals surface area contributed by atoms with Crippen LogP contribution in [0.5, 0.6) is 0 Å². The van der Waals surface area contributed by atoms with Gasteiger partial charge >= 0.3 is 0 Å². The highest BCUT2D eigenvalue weighted by atomic mass is 35.5. The highest BCUT2D eigenvalue weighted by Gasteiger charge is 2.37. The summed E-state index contributed by atoms with van der Waals surface area (Å²) in [5, 5.41) is 7.95. The maximum atomic E-state index is 12.2. The van der Waals surface area contributed by atoms with Crippen molar-refractivity contribution in [3.8, 4) is 0 Å². The normalized spacial score (nSPS) is 26.2. The molecule has 1 N–H and O–H groups in total. The molecule has 0 aliphatic carbocycles. The predicted octanol–water partition coefficient (Wildman–Crippen LogP) is 1.13. The molecule has 0 radical (unpaired) electrons. The second kappa shape index (κ2) is 4.80. The van der Waals surface area contributed by atoms with Crippen molar-refractivity contribution in [3.63, 3.8) is 0 Å². The molecule has 2 aliphatic heterocycles. The van der Waals surface area contributed by atoms with Crippen molar-refractivity contribution in [2.75, 3.05) is 31.1 Å². The molecule has 3 rings (SSSR count). The number of rotatable bonds is 2. The van der Waals surface area contributed by atoms with Crippen LogP contribution in [0.15, 0.2) is 11.0 Å². The second-order valence-electron chi connectivity index (χ2n) is 5.77. The van der Waals surface area contributed by atoms with Crippen LogP contribution in [0, 0.1) is 11.8 Å². The standard InChI is InChI=1S/C13H19ClN4O/c1-8(2)18-13(19)12(14)11(5-16-18)17-6-9-3-15-4-10(9)7-17/h5,8-10,15H,3-4,6-7H2,1-2H3/t9-,10+. The minimum absolute atomic E-state index is 0.0289. The molecule has 0 amide bonds. The number of fused-ring (bicyclic) bond motifs is 1. The molecule has 0 saturated carbocycles. The number of anilines is 1. The third-order valence-corrected chi connectivity index (χ3v) is 4.50. The molecule has 0 unspecified atom stereocenters. The Kier molecular flexibility index (Phi) is 3.27. The lowest BCUT2D eigenvalue weighted by Gasteiger charge is -2.21. The Bertz CT molecular complexity index is 530. The fraction of sp³-hybridized carbons (Fsp3) is 0.692. The van der Waals surface area contributed by atoms with Gasteiger partial charge in [-0.1, -0.05) is 11.6 Å². The van der Waals surface area contributed by atoms with Gasteiger partial charge in [0.15, 0.2) is 0 Å². The largest absolute Gasteiger partial charge is 0.368 e.